The number of nitrogens with zero attached hydrogens (tertiary/aromatic N) is 3. The van der Waals surface area contributed by atoms with E-state index in [4.69, 9.17) is 22.1 Å². The Labute approximate surface area is 196 Å². The van der Waals surface area contributed by atoms with Crippen LogP contribution < -0.4 is 15.4 Å². The minimum absolute atomic E-state index is 0.0418. The van der Waals surface area contributed by atoms with Gasteiger partial charge in [-0.05, 0) is 82.1 Å². The number of halogens is 1. The van der Waals surface area contributed by atoms with Gasteiger partial charge in [-0.25, -0.2) is 9.97 Å². The van der Waals surface area contributed by atoms with E-state index < -0.39 is 0 Å². The number of hydrogen-bond acceptors (Lipinski definition) is 6. The summed E-state index contributed by atoms with van der Waals surface area (Å²) >= 11 is 5.88. The van der Waals surface area contributed by atoms with Crippen molar-refractivity contribution in [2.45, 2.75) is 65.3 Å². The van der Waals surface area contributed by atoms with Crippen LogP contribution in [0.25, 0.3) is 0 Å². The molecule has 1 atom stereocenters. The predicted molar refractivity (Wildman–Crippen MR) is 130 cm³/mol. The number of ketones is 1. The lowest BCUT2D eigenvalue weighted by Gasteiger charge is -2.32. The lowest BCUT2D eigenvalue weighted by atomic mass is 9.92. The Morgan fingerprint density at radius 1 is 1.22 bits per heavy atom. The Kier molecular flexibility index (Phi) is 8.88. The second-order valence-corrected chi connectivity index (χ2v) is 9.43. The Balaban J connectivity index is 1.41. The second-order valence-electron chi connectivity index (χ2n) is 8.99. The van der Waals surface area contributed by atoms with Crippen LogP contribution in [0, 0.1) is 19.8 Å². The molecular formula is C25H35ClN4O2. The van der Waals surface area contributed by atoms with Crippen molar-refractivity contribution in [1.29, 1.82) is 0 Å². The molecule has 1 aliphatic heterocycles. The van der Waals surface area contributed by atoms with Gasteiger partial charge < -0.3 is 15.4 Å². The highest BCUT2D eigenvalue weighted by Crippen LogP contribution is 2.26. The maximum absolute atomic E-state index is 12.6. The largest absolute Gasteiger partial charge is 0.494 e. The van der Waals surface area contributed by atoms with E-state index in [0.29, 0.717) is 30.4 Å². The maximum Gasteiger partial charge on any atom is 0.225 e. The summed E-state index contributed by atoms with van der Waals surface area (Å²) < 4.78 is 6.02. The first-order valence-corrected chi connectivity index (χ1v) is 12.0. The Bertz CT molecular complexity index is 870. The van der Waals surface area contributed by atoms with Crippen LogP contribution in [0.15, 0.2) is 24.5 Å². The molecule has 3 rings (SSSR count). The molecule has 1 aromatic heterocycles. The molecule has 32 heavy (non-hydrogen) atoms. The first-order valence-electron chi connectivity index (χ1n) is 11.6. The number of aromatic nitrogens is 2. The smallest absolute Gasteiger partial charge is 0.225 e. The average Bonchev–Trinajstić information content (AvgIpc) is 2.76. The number of benzene rings is 1. The molecule has 0 bridgehead atoms. The number of ether oxygens (including phenoxy) is 1. The Morgan fingerprint density at radius 3 is 2.44 bits per heavy atom. The first-order chi connectivity index (χ1) is 15.3. The van der Waals surface area contributed by atoms with Gasteiger partial charge in [0.1, 0.15) is 5.75 Å². The highest BCUT2D eigenvalue weighted by Gasteiger charge is 2.21. The summed E-state index contributed by atoms with van der Waals surface area (Å²) in [6, 6.07) is 4.01. The number of aryl methyl sites for hydroxylation is 2. The summed E-state index contributed by atoms with van der Waals surface area (Å²) in [6.45, 7) is 8.54. The SMILES string of the molecule is Cc1cc(OCCCC2CCN(c3ncc(Cl)cn3)CC2)cc(C)c1C(=O)CCC(C)N. The summed E-state index contributed by atoms with van der Waals surface area (Å²) in [4.78, 5) is 23.4. The van der Waals surface area contributed by atoms with Crippen molar-refractivity contribution in [2.24, 2.45) is 11.7 Å². The molecule has 2 aromatic rings. The summed E-state index contributed by atoms with van der Waals surface area (Å²) in [5.74, 6) is 2.48. The zero-order chi connectivity index (χ0) is 23.1. The Hall–Kier alpha value is -2.18. The highest BCUT2D eigenvalue weighted by molar-refractivity contribution is 6.30. The number of nitrogens with two attached hydrogens (primary N) is 1. The van der Waals surface area contributed by atoms with Gasteiger partial charge in [0.2, 0.25) is 5.95 Å². The maximum atomic E-state index is 12.6. The van der Waals surface area contributed by atoms with Gasteiger partial charge in [0, 0.05) is 31.1 Å². The molecule has 6 nitrogen and oxygen atoms in total. The van der Waals surface area contributed by atoms with Crippen LogP contribution in [-0.2, 0) is 0 Å². The molecule has 0 aliphatic carbocycles. The molecule has 1 fully saturated rings. The molecule has 1 aromatic carbocycles. The summed E-state index contributed by atoms with van der Waals surface area (Å²) in [7, 11) is 0. The fourth-order valence-corrected chi connectivity index (χ4v) is 4.48. The van der Waals surface area contributed by atoms with E-state index in [-0.39, 0.29) is 11.8 Å². The quantitative estimate of drug-likeness (QED) is 0.392. The molecule has 1 saturated heterocycles. The predicted octanol–water partition coefficient (Wildman–Crippen LogP) is 5.13. The zero-order valence-electron chi connectivity index (χ0n) is 19.4. The normalized spacial score (nSPS) is 15.6. The molecular weight excluding hydrogens is 424 g/mol. The molecule has 0 spiro atoms. The summed E-state index contributed by atoms with van der Waals surface area (Å²) in [5, 5.41) is 0.566. The van der Waals surface area contributed by atoms with E-state index in [0.717, 1.165) is 67.2 Å². The van der Waals surface area contributed by atoms with Crippen molar-refractivity contribution in [1.82, 2.24) is 9.97 Å². The number of hydrogen-bond donors (Lipinski definition) is 1. The van der Waals surface area contributed by atoms with E-state index in [1.807, 2.05) is 32.9 Å². The topological polar surface area (TPSA) is 81.3 Å². The Morgan fingerprint density at radius 2 is 1.84 bits per heavy atom. The van der Waals surface area contributed by atoms with E-state index in [2.05, 4.69) is 14.9 Å². The average molecular weight is 459 g/mol. The highest BCUT2D eigenvalue weighted by atomic mass is 35.5. The molecule has 0 saturated carbocycles. The molecule has 1 unspecified atom stereocenters. The summed E-state index contributed by atoms with van der Waals surface area (Å²) in [5.41, 5.74) is 8.57. The van der Waals surface area contributed by atoms with Gasteiger partial charge in [-0.15, -0.1) is 0 Å². The lowest BCUT2D eigenvalue weighted by molar-refractivity contribution is 0.0976. The van der Waals surface area contributed by atoms with Gasteiger partial charge in [0.05, 0.1) is 24.0 Å². The van der Waals surface area contributed by atoms with E-state index >= 15 is 0 Å². The molecule has 0 amide bonds. The van der Waals surface area contributed by atoms with Gasteiger partial charge in [-0.1, -0.05) is 11.6 Å². The van der Waals surface area contributed by atoms with Crippen LogP contribution in [-0.4, -0.2) is 41.5 Å². The standard InChI is InChI=1S/C25H35ClN4O2/c1-17-13-22(14-18(2)24(17)23(31)7-6-19(3)27)32-12-4-5-20-8-10-30(11-9-20)25-28-15-21(26)16-29-25/h13-16,19-20H,4-12,27H2,1-3H3. The number of carbonyl (C=O) groups is 1. The van der Waals surface area contributed by atoms with Crippen molar-refractivity contribution in [3.8, 4) is 5.75 Å². The van der Waals surface area contributed by atoms with Crippen LogP contribution >= 0.6 is 11.6 Å². The van der Waals surface area contributed by atoms with Gasteiger partial charge in [-0.3, -0.25) is 4.79 Å². The van der Waals surface area contributed by atoms with E-state index in [1.54, 1.807) is 12.4 Å². The van der Waals surface area contributed by atoms with Crippen molar-refractivity contribution in [3.05, 3.63) is 46.2 Å². The van der Waals surface area contributed by atoms with Crippen LogP contribution in [0.1, 0.15) is 66.9 Å². The number of carbonyl (C=O) groups excluding carboxylic acids is 1. The number of piperidine rings is 1. The number of rotatable bonds is 10. The number of Topliss-reactive ketones (excluding diaryl/α,β-unsaturated/α-hetero) is 1. The van der Waals surface area contributed by atoms with E-state index in [1.165, 1.54) is 0 Å². The van der Waals surface area contributed by atoms with Crippen LogP contribution in [0.3, 0.4) is 0 Å². The minimum atomic E-state index is 0.0418. The van der Waals surface area contributed by atoms with Crippen molar-refractivity contribution in [2.75, 3.05) is 24.6 Å². The zero-order valence-corrected chi connectivity index (χ0v) is 20.2. The van der Waals surface area contributed by atoms with Crippen molar-refractivity contribution < 1.29 is 9.53 Å². The molecule has 2 heterocycles. The summed E-state index contributed by atoms with van der Waals surface area (Å²) in [6.07, 6.45) is 8.96. The van der Waals surface area contributed by atoms with Gasteiger partial charge in [0.25, 0.3) is 0 Å². The van der Waals surface area contributed by atoms with Crippen LogP contribution in [0.4, 0.5) is 5.95 Å². The van der Waals surface area contributed by atoms with Gasteiger partial charge in [-0.2, -0.15) is 0 Å². The molecule has 0 radical (unpaired) electrons. The third-order valence-electron chi connectivity index (χ3n) is 6.14. The lowest BCUT2D eigenvalue weighted by Crippen LogP contribution is -2.34. The fourth-order valence-electron chi connectivity index (χ4n) is 4.38. The number of anilines is 1. The van der Waals surface area contributed by atoms with E-state index in [9.17, 15) is 4.79 Å². The van der Waals surface area contributed by atoms with Crippen LogP contribution in [0.2, 0.25) is 5.02 Å². The fraction of sp³-hybridized carbons (Fsp3) is 0.560. The first kappa shape index (κ1) is 24.5. The van der Waals surface area contributed by atoms with Gasteiger partial charge in [0.15, 0.2) is 5.78 Å². The third-order valence-corrected chi connectivity index (χ3v) is 6.34. The molecule has 1 aliphatic rings. The van der Waals surface area contributed by atoms with Crippen molar-refractivity contribution >= 4 is 23.3 Å². The van der Waals surface area contributed by atoms with Gasteiger partial charge >= 0.3 is 0 Å². The van der Waals surface area contributed by atoms with Crippen molar-refractivity contribution in [3.63, 3.8) is 0 Å². The monoisotopic (exact) mass is 458 g/mol. The molecule has 7 heteroatoms. The second kappa shape index (κ2) is 11.6. The molecule has 2 N–H and O–H groups in total. The minimum Gasteiger partial charge on any atom is -0.494 e. The van der Waals surface area contributed by atoms with Crippen LogP contribution in [0.5, 0.6) is 5.75 Å². The third kappa shape index (κ3) is 6.91. The molecule has 174 valence electrons.